The van der Waals surface area contributed by atoms with E-state index in [1.807, 2.05) is 4.72 Å². The minimum Gasteiger partial charge on any atom is -0.399 e. The molecular formula is C12H8ClF3N2O2S. The van der Waals surface area contributed by atoms with Crippen LogP contribution >= 0.6 is 11.6 Å². The molecule has 0 amide bonds. The van der Waals surface area contributed by atoms with Crippen LogP contribution in [0.1, 0.15) is 0 Å². The van der Waals surface area contributed by atoms with Crippen molar-refractivity contribution in [1.29, 1.82) is 0 Å². The molecule has 2 aromatic carbocycles. The minimum absolute atomic E-state index is 0.0767. The summed E-state index contributed by atoms with van der Waals surface area (Å²) in [4.78, 5) is -0.822. The first-order valence-electron chi connectivity index (χ1n) is 5.42. The Balaban J connectivity index is 2.48. The fraction of sp³-hybridized carbons (Fsp3) is 0. The number of sulfonamides is 1. The standard InChI is InChI=1S/C12H8ClF3N2O2S/c13-10-4-8(17)5-11(12(10)16)21(19,20)18-9-2-6(14)1-7(15)3-9/h1-5,18H,17H2. The van der Waals surface area contributed by atoms with E-state index in [1.54, 1.807) is 0 Å². The van der Waals surface area contributed by atoms with Gasteiger partial charge in [-0.05, 0) is 24.3 Å². The molecule has 21 heavy (non-hydrogen) atoms. The predicted octanol–water partition coefficient (Wildman–Crippen LogP) is 3.14. The molecule has 0 heterocycles. The summed E-state index contributed by atoms with van der Waals surface area (Å²) in [5.74, 6) is -3.19. The second-order valence-electron chi connectivity index (χ2n) is 4.08. The third-order valence-electron chi connectivity index (χ3n) is 2.42. The molecule has 0 fully saturated rings. The van der Waals surface area contributed by atoms with Crippen LogP contribution in [0.15, 0.2) is 35.2 Å². The molecule has 112 valence electrons. The first-order chi connectivity index (χ1) is 9.69. The highest BCUT2D eigenvalue weighted by Crippen LogP contribution is 2.27. The summed E-state index contributed by atoms with van der Waals surface area (Å²) in [6, 6.07) is 3.94. The monoisotopic (exact) mass is 336 g/mol. The summed E-state index contributed by atoms with van der Waals surface area (Å²) in [6.45, 7) is 0. The lowest BCUT2D eigenvalue weighted by Crippen LogP contribution is -2.15. The summed E-state index contributed by atoms with van der Waals surface area (Å²) < 4.78 is 65.8. The van der Waals surface area contributed by atoms with Gasteiger partial charge in [0.05, 0.1) is 10.7 Å². The number of nitrogen functional groups attached to an aromatic ring is 1. The lowest BCUT2D eigenvalue weighted by atomic mass is 10.3. The molecule has 0 bridgehead atoms. The number of nitrogens with two attached hydrogens (primary N) is 1. The number of anilines is 2. The van der Waals surface area contributed by atoms with Gasteiger partial charge in [-0.2, -0.15) is 0 Å². The van der Waals surface area contributed by atoms with Gasteiger partial charge in [0.25, 0.3) is 10.0 Å². The maximum atomic E-state index is 13.8. The van der Waals surface area contributed by atoms with Gasteiger partial charge in [0.2, 0.25) is 0 Å². The Bertz CT molecular complexity index is 792. The fourth-order valence-electron chi connectivity index (χ4n) is 1.60. The van der Waals surface area contributed by atoms with Crippen LogP contribution in [0.2, 0.25) is 5.02 Å². The average molecular weight is 337 g/mol. The topological polar surface area (TPSA) is 72.2 Å². The van der Waals surface area contributed by atoms with E-state index in [0.717, 1.165) is 24.3 Å². The number of hydrogen-bond donors (Lipinski definition) is 2. The van der Waals surface area contributed by atoms with E-state index in [2.05, 4.69) is 0 Å². The molecule has 0 atom stereocenters. The SMILES string of the molecule is Nc1cc(Cl)c(F)c(S(=O)(=O)Nc2cc(F)cc(F)c2)c1. The summed E-state index contributed by atoms with van der Waals surface area (Å²) in [7, 11) is -4.45. The van der Waals surface area contributed by atoms with Gasteiger partial charge in [-0.1, -0.05) is 11.6 Å². The van der Waals surface area contributed by atoms with Gasteiger partial charge >= 0.3 is 0 Å². The molecule has 2 rings (SSSR count). The number of halogens is 4. The second-order valence-corrected chi connectivity index (χ2v) is 6.14. The van der Waals surface area contributed by atoms with Crippen molar-refractivity contribution in [2.24, 2.45) is 0 Å². The predicted molar refractivity (Wildman–Crippen MR) is 73.0 cm³/mol. The van der Waals surface area contributed by atoms with Crippen LogP contribution in [0, 0.1) is 17.5 Å². The summed E-state index contributed by atoms with van der Waals surface area (Å²) >= 11 is 5.51. The maximum absolute atomic E-state index is 13.8. The Morgan fingerprint density at radius 1 is 1.00 bits per heavy atom. The third-order valence-corrected chi connectivity index (χ3v) is 4.08. The van der Waals surface area contributed by atoms with Gasteiger partial charge in [0.15, 0.2) is 5.82 Å². The van der Waals surface area contributed by atoms with Gasteiger partial charge in [0, 0.05) is 11.8 Å². The molecular weight excluding hydrogens is 329 g/mol. The maximum Gasteiger partial charge on any atom is 0.264 e. The van der Waals surface area contributed by atoms with Gasteiger partial charge < -0.3 is 5.73 Å². The second kappa shape index (κ2) is 5.45. The molecule has 9 heteroatoms. The lowest BCUT2D eigenvalue weighted by molar-refractivity contribution is 0.570. The zero-order chi connectivity index (χ0) is 15.8. The van der Waals surface area contributed by atoms with E-state index in [1.165, 1.54) is 0 Å². The fourth-order valence-corrected chi connectivity index (χ4v) is 3.06. The first kappa shape index (κ1) is 15.5. The molecule has 0 spiro atoms. The van der Waals surface area contributed by atoms with Crippen molar-refractivity contribution < 1.29 is 21.6 Å². The van der Waals surface area contributed by atoms with E-state index in [-0.39, 0.29) is 5.69 Å². The van der Waals surface area contributed by atoms with Crippen LogP contribution in [-0.2, 0) is 10.0 Å². The Morgan fingerprint density at radius 2 is 1.57 bits per heavy atom. The van der Waals surface area contributed by atoms with E-state index in [9.17, 15) is 21.6 Å². The average Bonchev–Trinajstić information content (AvgIpc) is 2.31. The number of benzene rings is 2. The Kier molecular flexibility index (Phi) is 4.02. The van der Waals surface area contributed by atoms with Gasteiger partial charge in [-0.3, -0.25) is 4.72 Å². The molecule has 0 radical (unpaired) electrons. The number of rotatable bonds is 3. The summed E-state index contributed by atoms with van der Waals surface area (Å²) in [5, 5.41) is -0.485. The van der Waals surface area contributed by atoms with Crippen LogP contribution < -0.4 is 10.5 Å². The van der Waals surface area contributed by atoms with Crippen LogP contribution in [0.25, 0.3) is 0 Å². The Morgan fingerprint density at radius 3 is 2.14 bits per heavy atom. The molecule has 0 aliphatic rings. The molecule has 2 aromatic rings. The highest BCUT2D eigenvalue weighted by atomic mass is 35.5. The quantitative estimate of drug-likeness (QED) is 0.846. The molecule has 3 N–H and O–H groups in total. The molecule has 0 aliphatic heterocycles. The number of nitrogens with one attached hydrogen (secondary N) is 1. The van der Waals surface area contributed by atoms with Gasteiger partial charge in [-0.15, -0.1) is 0 Å². The summed E-state index contributed by atoms with van der Waals surface area (Å²) in [5.41, 5.74) is 4.93. The van der Waals surface area contributed by atoms with Crippen molar-refractivity contribution >= 4 is 33.0 Å². The molecule has 0 aliphatic carbocycles. The summed E-state index contributed by atoms with van der Waals surface area (Å²) in [6.07, 6.45) is 0. The highest BCUT2D eigenvalue weighted by Gasteiger charge is 2.22. The van der Waals surface area contributed by atoms with Crippen molar-refractivity contribution in [3.05, 3.63) is 52.8 Å². The smallest absolute Gasteiger partial charge is 0.264 e. The Hall–Kier alpha value is -1.93. The normalized spacial score (nSPS) is 11.4. The van der Waals surface area contributed by atoms with Crippen molar-refractivity contribution in [1.82, 2.24) is 0 Å². The van der Waals surface area contributed by atoms with Crippen molar-refractivity contribution in [3.8, 4) is 0 Å². The zero-order valence-corrected chi connectivity index (χ0v) is 11.8. The van der Waals surface area contributed by atoms with Crippen molar-refractivity contribution in [2.45, 2.75) is 4.90 Å². The van der Waals surface area contributed by atoms with Crippen LogP contribution in [-0.4, -0.2) is 8.42 Å². The van der Waals surface area contributed by atoms with E-state index in [0.29, 0.717) is 6.07 Å². The first-order valence-corrected chi connectivity index (χ1v) is 7.28. The number of hydrogen-bond acceptors (Lipinski definition) is 3. The largest absolute Gasteiger partial charge is 0.399 e. The molecule has 0 aromatic heterocycles. The molecule has 0 unspecified atom stereocenters. The van der Waals surface area contributed by atoms with Crippen LogP contribution in [0.5, 0.6) is 0 Å². The highest BCUT2D eigenvalue weighted by molar-refractivity contribution is 7.92. The van der Waals surface area contributed by atoms with Crippen LogP contribution in [0.3, 0.4) is 0 Å². The van der Waals surface area contributed by atoms with Gasteiger partial charge in [0.1, 0.15) is 16.5 Å². The molecule has 4 nitrogen and oxygen atoms in total. The van der Waals surface area contributed by atoms with E-state index >= 15 is 0 Å². The Labute approximate surface area is 123 Å². The molecule has 0 saturated heterocycles. The van der Waals surface area contributed by atoms with E-state index in [4.69, 9.17) is 17.3 Å². The lowest BCUT2D eigenvalue weighted by Gasteiger charge is -2.10. The van der Waals surface area contributed by atoms with Crippen molar-refractivity contribution in [3.63, 3.8) is 0 Å². The van der Waals surface area contributed by atoms with E-state index < -0.39 is 43.1 Å². The van der Waals surface area contributed by atoms with Gasteiger partial charge in [-0.25, -0.2) is 21.6 Å². The molecule has 0 saturated carbocycles. The minimum atomic E-state index is -4.45. The zero-order valence-electron chi connectivity index (χ0n) is 10.2. The third kappa shape index (κ3) is 3.40. The van der Waals surface area contributed by atoms with Crippen molar-refractivity contribution in [2.75, 3.05) is 10.5 Å². The van der Waals surface area contributed by atoms with Crippen LogP contribution in [0.4, 0.5) is 24.5 Å².